The number of aryl methyl sites for hydroxylation is 1. The Labute approximate surface area is 177 Å². The van der Waals surface area contributed by atoms with E-state index in [4.69, 9.17) is 4.74 Å². The monoisotopic (exact) mass is 394 g/mol. The molecule has 0 saturated carbocycles. The van der Waals surface area contributed by atoms with Crippen LogP contribution in [0.3, 0.4) is 0 Å². The summed E-state index contributed by atoms with van der Waals surface area (Å²) in [5, 5.41) is 8.69. The Morgan fingerprint density at radius 1 is 0.586 bits per heavy atom. The second-order valence-corrected chi connectivity index (χ2v) is 7.79. The van der Waals surface area contributed by atoms with E-state index in [-0.39, 0.29) is 0 Å². The van der Waals surface area contributed by atoms with E-state index in [0.29, 0.717) is 0 Å². The Bertz CT molecular complexity index is 677. The minimum absolute atomic E-state index is 0.789. The van der Waals surface area contributed by atoms with Gasteiger partial charge in [0.05, 0.1) is 18.0 Å². The highest BCUT2D eigenvalue weighted by Crippen LogP contribution is 2.22. The van der Waals surface area contributed by atoms with Crippen molar-refractivity contribution in [2.24, 2.45) is 10.2 Å². The van der Waals surface area contributed by atoms with Gasteiger partial charge in [0, 0.05) is 0 Å². The van der Waals surface area contributed by atoms with Crippen molar-refractivity contribution in [1.82, 2.24) is 0 Å². The fourth-order valence-electron chi connectivity index (χ4n) is 3.28. The van der Waals surface area contributed by atoms with Gasteiger partial charge in [-0.3, -0.25) is 0 Å². The van der Waals surface area contributed by atoms with Gasteiger partial charge in [-0.25, -0.2) is 0 Å². The number of azo groups is 1. The zero-order chi connectivity index (χ0) is 20.6. The average Bonchev–Trinajstić information content (AvgIpc) is 2.76. The van der Waals surface area contributed by atoms with Crippen molar-refractivity contribution < 1.29 is 4.74 Å². The third kappa shape index (κ3) is 10.3. The lowest BCUT2D eigenvalue weighted by molar-refractivity contribution is 0.304. The van der Waals surface area contributed by atoms with Gasteiger partial charge < -0.3 is 4.74 Å². The molecule has 0 radical (unpaired) electrons. The molecular weight excluding hydrogens is 356 g/mol. The topological polar surface area (TPSA) is 34.0 Å². The van der Waals surface area contributed by atoms with Crippen molar-refractivity contribution >= 4 is 11.4 Å². The van der Waals surface area contributed by atoms with Gasteiger partial charge in [-0.2, -0.15) is 10.2 Å². The number of benzene rings is 2. The number of ether oxygens (including phenoxy) is 1. The van der Waals surface area contributed by atoms with Gasteiger partial charge in [-0.15, -0.1) is 0 Å². The fourth-order valence-corrected chi connectivity index (χ4v) is 3.28. The maximum Gasteiger partial charge on any atom is 0.119 e. The Hall–Kier alpha value is -2.16. The molecule has 0 aliphatic rings. The molecule has 0 saturated heterocycles. The highest BCUT2D eigenvalue weighted by Gasteiger charge is 1.97. The normalized spacial score (nSPS) is 11.2. The van der Waals surface area contributed by atoms with Gasteiger partial charge in [0.1, 0.15) is 5.75 Å². The van der Waals surface area contributed by atoms with Gasteiger partial charge >= 0.3 is 0 Å². The van der Waals surface area contributed by atoms with Crippen molar-refractivity contribution in [3.63, 3.8) is 0 Å². The third-order valence-electron chi connectivity index (χ3n) is 5.14. The van der Waals surface area contributed by atoms with E-state index in [9.17, 15) is 0 Å². The largest absolute Gasteiger partial charge is 0.494 e. The molecule has 0 unspecified atom stereocenters. The molecule has 0 aliphatic heterocycles. The van der Waals surface area contributed by atoms with E-state index in [0.717, 1.165) is 36.6 Å². The summed E-state index contributed by atoms with van der Waals surface area (Å²) in [5.41, 5.74) is 3.12. The predicted octanol–water partition coefficient (Wildman–Crippen LogP) is 8.96. The predicted molar refractivity (Wildman–Crippen MR) is 124 cm³/mol. The van der Waals surface area contributed by atoms with Gasteiger partial charge in [-0.05, 0) is 61.2 Å². The summed E-state index contributed by atoms with van der Waals surface area (Å²) < 4.78 is 5.82. The molecule has 29 heavy (non-hydrogen) atoms. The van der Waals surface area contributed by atoms with Crippen LogP contribution >= 0.6 is 0 Å². The Morgan fingerprint density at radius 3 is 1.72 bits per heavy atom. The van der Waals surface area contributed by atoms with E-state index in [1.807, 2.05) is 24.3 Å². The van der Waals surface area contributed by atoms with Crippen LogP contribution in [0.1, 0.15) is 83.6 Å². The van der Waals surface area contributed by atoms with E-state index in [1.165, 1.54) is 63.4 Å². The van der Waals surface area contributed by atoms with Crippen molar-refractivity contribution in [2.75, 3.05) is 6.61 Å². The van der Waals surface area contributed by atoms with Crippen molar-refractivity contribution in [3.8, 4) is 5.75 Å². The maximum absolute atomic E-state index is 5.82. The molecule has 0 bridgehead atoms. The van der Waals surface area contributed by atoms with Crippen LogP contribution in [0.2, 0.25) is 0 Å². The lowest BCUT2D eigenvalue weighted by Gasteiger charge is -2.06. The summed E-state index contributed by atoms with van der Waals surface area (Å²) >= 11 is 0. The number of hydrogen-bond donors (Lipinski definition) is 0. The van der Waals surface area contributed by atoms with E-state index < -0.39 is 0 Å². The van der Waals surface area contributed by atoms with Crippen LogP contribution in [-0.4, -0.2) is 6.61 Å². The van der Waals surface area contributed by atoms with Gasteiger partial charge in [-0.1, -0.05) is 77.3 Å². The van der Waals surface area contributed by atoms with E-state index in [1.54, 1.807) is 0 Å². The second kappa shape index (κ2) is 14.8. The van der Waals surface area contributed by atoms with Crippen LogP contribution in [0.15, 0.2) is 58.8 Å². The van der Waals surface area contributed by atoms with Crippen molar-refractivity contribution in [3.05, 3.63) is 54.1 Å². The summed E-state index contributed by atoms with van der Waals surface area (Å²) in [6, 6.07) is 16.3. The first-order chi connectivity index (χ1) is 14.3. The van der Waals surface area contributed by atoms with Crippen LogP contribution in [0, 0.1) is 0 Å². The zero-order valence-corrected chi connectivity index (χ0v) is 18.4. The smallest absolute Gasteiger partial charge is 0.119 e. The molecule has 2 aromatic rings. The SMILES string of the molecule is CCCCCCCCOc1ccc(N=Nc2ccc(CCCCCC)cc2)cc1. The summed E-state index contributed by atoms with van der Waals surface area (Å²) in [4.78, 5) is 0. The quantitative estimate of drug-likeness (QED) is 0.219. The zero-order valence-electron chi connectivity index (χ0n) is 18.4. The molecule has 2 aromatic carbocycles. The Morgan fingerprint density at radius 2 is 1.10 bits per heavy atom. The lowest BCUT2D eigenvalue weighted by Crippen LogP contribution is -1.96. The molecule has 0 heterocycles. The highest BCUT2D eigenvalue weighted by molar-refractivity contribution is 5.43. The first-order valence-electron chi connectivity index (χ1n) is 11.6. The molecule has 0 atom stereocenters. The van der Waals surface area contributed by atoms with E-state index in [2.05, 4.69) is 48.3 Å². The van der Waals surface area contributed by atoms with Crippen molar-refractivity contribution in [1.29, 1.82) is 0 Å². The molecule has 0 amide bonds. The van der Waals surface area contributed by atoms with Gasteiger partial charge in [0.25, 0.3) is 0 Å². The maximum atomic E-state index is 5.82. The van der Waals surface area contributed by atoms with Crippen LogP contribution < -0.4 is 4.74 Å². The number of nitrogens with zero attached hydrogens (tertiary/aromatic N) is 2. The number of hydrogen-bond acceptors (Lipinski definition) is 3. The highest BCUT2D eigenvalue weighted by atomic mass is 16.5. The minimum atomic E-state index is 0.789. The molecule has 2 rings (SSSR count). The molecule has 0 N–H and O–H groups in total. The molecule has 3 heteroatoms. The second-order valence-electron chi connectivity index (χ2n) is 7.79. The number of rotatable bonds is 15. The average molecular weight is 395 g/mol. The summed E-state index contributed by atoms with van der Waals surface area (Å²) in [6.07, 6.45) is 14.0. The molecule has 0 spiro atoms. The third-order valence-corrected chi connectivity index (χ3v) is 5.14. The molecule has 0 fully saturated rings. The molecular formula is C26H38N2O. The first-order valence-corrected chi connectivity index (χ1v) is 11.6. The van der Waals surface area contributed by atoms with Crippen LogP contribution in [0.25, 0.3) is 0 Å². The summed E-state index contributed by atoms with van der Waals surface area (Å²) in [5.74, 6) is 0.907. The Kier molecular flexibility index (Phi) is 11.8. The van der Waals surface area contributed by atoms with Crippen molar-refractivity contribution in [2.45, 2.75) is 84.5 Å². The van der Waals surface area contributed by atoms with Crippen LogP contribution in [0.5, 0.6) is 5.75 Å². The summed E-state index contributed by atoms with van der Waals surface area (Å²) in [6.45, 7) is 5.28. The number of unbranched alkanes of at least 4 members (excludes halogenated alkanes) is 8. The fraction of sp³-hybridized carbons (Fsp3) is 0.538. The van der Waals surface area contributed by atoms with Gasteiger partial charge in [0.2, 0.25) is 0 Å². The Balaban J connectivity index is 1.69. The standard InChI is InChI=1S/C26H38N2O/c1-3-5-7-9-10-12-22-29-26-20-18-25(19-21-26)28-27-24-16-14-23(15-17-24)13-11-8-6-4-2/h14-21H,3-13,22H2,1-2H3. The minimum Gasteiger partial charge on any atom is -0.494 e. The molecule has 0 aliphatic carbocycles. The van der Waals surface area contributed by atoms with Gasteiger partial charge in [0.15, 0.2) is 0 Å². The first kappa shape index (κ1) is 23.1. The molecule has 3 nitrogen and oxygen atoms in total. The van der Waals surface area contributed by atoms with Crippen LogP contribution in [-0.2, 0) is 6.42 Å². The summed E-state index contributed by atoms with van der Waals surface area (Å²) in [7, 11) is 0. The molecule has 158 valence electrons. The van der Waals surface area contributed by atoms with Crippen LogP contribution in [0.4, 0.5) is 11.4 Å². The lowest BCUT2D eigenvalue weighted by atomic mass is 10.1. The van der Waals surface area contributed by atoms with E-state index >= 15 is 0 Å². The molecule has 0 aromatic heterocycles.